The molecule has 0 saturated heterocycles. The van der Waals surface area contributed by atoms with E-state index in [1.807, 2.05) is 36.4 Å². The summed E-state index contributed by atoms with van der Waals surface area (Å²) in [6, 6.07) is 16.8. The first-order chi connectivity index (χ1) is 11.2. The van der Waals surface area contributed by atoms with Gasteiger partial charge in [-0.05, 0) is 24.1 Å². The quantitative estimate of drug-likeness (QED) is 0.735. The lowest BCUT2D eigenvalue weighted by Crippen LogP contribution is -2.14. The highest BCUT2D eigenvalue weighted by Crippen LogP contribution is 2.07. The lowest BCUT2D eigenvalue weighted by Gasteiger charge is -2.05. The molecular formula is C18H16N2O3. The third-order valence-electron chi connectivity index (χ3n) is 3.49. The molecule has 0 aliphatic heterocycles. The fourth-order valence-electron chi connectivity index (χ4n) is 2.32. The van der Waals surface area contributed by atoms with Crippen LogP contribution in [0.25, 0.3) is 10.9 Å². The number of aromatic nitrogens is 2. The average molecular weight is 308 g/mol. The highest BCUT2D eigenvalue weighted by Gasteiger charge is 2.07. The molecule has 0 saturated carbocycles. The van der Waals surface area contributed by atoms with Crippen LogP contribution >= 0.6 is 0 Å². The molecule has 5 heteroatoms. The predicted octanol–water partition coefficient (Wildman–Crippen LogP) is 2.60. The maximum absolute atomic E-state index is 11.9. The van der Waals surface area contributed by atoms with Gasteiger partial charge in [0, 0.05) is 6.42 Å². The third-order valence-corrected chi connectivity index (χ3v) is 3.49. The van der Waals surface area contributed by atoms with Gasteiger partial charge in [0.25, 0.3) is 5.56 Å². The third kappa shape index (κ3) is 3.83. The van der Waals surface area contributed by atoms with Crippen molar-refractivity contribution < 1.29 is 9.53 Å². The maximum Gasteiger partial charge on any atom is 0.306 e. The summed E-state index contributed by atoms with van der Waals surface area (Å²) in [7, 11) is 0. The number of aromatic amines is 1. The number of H-pyrrole nitrogens is 1. The van der Waals surface area contributed by atoms with Crippen LogP contribution in [-0.2, 0) is 22.6 Å². The Balaban J connectivity index is 1.60. The second-order valence-corrected chi connectivity index (χ2v) is 5.18. The van der Waals surface area contributed by atoms with Crippen molar-refractivity contribution in [1.29, 1.82) is 0 Å². The van der Waals surface area contributed by atoms with Gasteiger partial charge in [0.2, 0.25) is 0 Å². The molecule has 1 heterocycles. The topological polar surface area (TPSA) is 72.0 Å². The minimum Gasteiger partial charge on any atom is -0.458 e. The number of nitrogens with one attached hydrogen (secondary N) is 1. The van der Waals surface area contributed by atoms with Crippen LogP contribution in [0.2, 0.25) is 0 Å². The summed E-state index contributed by atoms with van der Waals surface area (Å²) in [6.07, 6.45) is 0.920. The SMILES string of the molecule is O=C(CCc1ccccc1)OCc1nc2ccccc2c(=O)[nH]1. The van der Waals surface area contributed by atoms with Crippen LogP contribution in [0.15, 0.2) is 59.4 Å². The van der Waals surface area contributed by atoms with Gasteiger partial charge in [-0.15, -0.1) is 0 Å². The Morgan fingerprint density at radius 1 is 1.04 bits per heavy atom. The number of hydrogen-bond donors (Lipinski definition) is 1. The minimum atomic E-state index is -0.315. The van der Waals surface area contributed by atoms with Gasteiger partial charge in [0.1, 0.15) is 12.4 Å². The van der Waals surface area contributed by atoms with Crippen molar-refractivity contribution >= 4 is 16.9 Å². The van der Waals surface area contributed by atoms with Gasteiger partial charge in [-0.1, -0.05) is 42.5 Å². The van der Waals surface area contributed by atoms with Crippen LogP contribution in [0, 0.1) is 0 Å². The molecule has 23 heavy (non-hydrogen) atoms. The van der Waals surface area contributed by atoms with E-state index < -0.39 is 0 Å². The standard InChI is InChI=1S/C18H16N2O3/c21-17(11-10-13-6-2-1-3-7-13)23-12-16-19-15-9-5-4-8-14(15)18(22)20-16/h1-9H,10-12H2,(H,19,20,22). The molecule has 3 rings (SSSR count). The Morgan fingerprint density at radius 3 is 2.61 bits per heavy atom. The molecule has 0 unspecified atom stereocenters. The minimum absolute atomic E-state index is 0.0340. The van der Waals surface area contributed by atoms with Crippen LogP contribution < -0.4 is 5.56 Å². The van der Waals surface area contributed by atoms with E-state index in [0.29, 0.717) is 29.6 Å². The van der Waals surface area contributed by atoms with E-state index in [9.17, 15) is 9.59 Å². The normalized spacial score (nSPS) is 10.6. The molecular weight excluding hydrogens is 292 g/mol. The molecule has 1 N–H and O–H groups in total. The Labute approximate surface area is 133 Å². The summed E-state index contributed by atoms with van der Waals surface area (Å²) < 4.78 is 5.18. The molecule has 5 nitrogen and oxygen atoms in total. The van der Waals surface area contributed by atoms with E-state index in [-0.39, 0.29) is 18.1 Å². The highest BCUT2D eigenvalue weighted by atomic mass is 16.5. The van der Waals surface area contributed by atoms with Crippen LogP contribution in [0.3, 0.4) is 0 Å². The fraction of sp³-hybridized carbons (Fsp3) is 0.167. The lowest BCUT2D eigenvalue weighted by atomic mass is 10.1. The largest absolute Gasteiger partial charge is 0.458 e. The molecule has 0 atom stereocenters. The van der Waals surface area contributed by atoms with E-state index in [0.717, 1.165) is 5.56 Å². The summed E-state index contributed by atoms with van der Waals surface area (Å²) in [5, 5.41) is 0.520. The molecule has 0 aliphatic rings. The van der Waals surface area contributed by atoms with Gasteiger partial charge in [-0.2, -0.15) is 0 Å². The Kier molecular flexibility index (Phi) is 4.47. The molecule has 1 aromatic heterocycles. The zero-order chi connectivity index (χ0) is 16.1. The first kappa shape index (κ1) is 15.0. The summed E-state index contributed by atoms with van der Waals surface area (Å²) in [5.74, 6) is 0.0337. The van der Waals surface area contributed by atoms with Crippen LogP contribution in [0.4, 0.5) is 0 Å². The van der Waals surface area contributed by atoms with E-state index in [1.54, 1.807) is 18.2 Å². The Bertz CT molecular complexity index is 872. The smallest absolute Gasteiger partial charge is 0.306 e. The molecule has 0 spiro atoms. The van der Waals surface area contributed by atoms with Crippen molar-refractivity contribution in [1.82, 2.24) is 9.97 Å². The number of carbonyl (C=O) groups excluding carboxylic acids is 1. The molecule has 3 aromatic rings. The van der Waals surface area contributed by atoms with Crippen molar-refractivity contribution in [2.24, 2.45) is 0 Å². The van der Waals surface area contributed by atoms with Gasteiger partial charge >= 0.3 is 5.97 Å². The van der Waals surface area contributed by atoms with Crippen molar-refractivity contribution in [2.45, 2.75) is 19.4 Å². The second kappa shape index (κ2) is 6.87. The monoisotopic (exact) mass is 308 g/mol. The molecule has 2 aromatic carbocycles. The first-order valence-corrected chi connectivity index (χ1v) is 7.40. The molecule has 0 aliphatic carbocycles. The molecule has 0 fully saturated rings. The molecule has 116 valence electrons. The number of aryl methyl sites for hydroxylation is 1. The van der Waals surface area contributed by atoms with E-state index in [1.165, 1.54) is 0 Å². The van der Waals surface area contributed by atoms with Gasteiger partial charge < -0.3 is 9.72 Å². The summed E-state index contributed by atoms with van der Waals surface area (Å²) >= 11 is 0. The number of esters is 1. The van der Waals surface area contributed by atoms with Crippen molar-refractivity contribution in [3.05, 3.63) is 76.3 Å². The zero-order valence-corrected chi connectivity index (χ0v) is 12.5. The van der Waals surface area contributed by atoms with Crippen molar-refractivity contribution in [2.75, 3.05) is 0 Å². The number of carbonyl (C=O) groups is 1. The van der Waals surface area contributed by atoms with Crippen LogP contribution in [-0.4, -0.2) is 15.9 Å². The Morgan fingerprint density at radius 2 is 1.78 bits per heavy atom. The van der Waals surface area contributed by atoms with Gasteiger partial charge in [-0.3, -0.25) is 9.59 Å². The maximum atomic E-state index is 11.9. The summed E-state index contributed by atoms with van der Waals surface area (Å²) in [6.45, 7) is -0.0340. The Hall–Kier alpha value is -2.95. The van der Waals surface area contributed by atoms with Gasteiger partial charge in [-0.25, -0.2) is 4.98 Å². The summed E-state index contributed by atoms with van der Waals surface area (Å²) in [4.78, 5) is 30.6. The number of hydrogen-bond acceptors (Lipinski definition) is 4. The van der Waals surface area contributed by atoms with Crippen LogP contribution in [0.5, 0.6) is 0 Å². The first-order valence-electron chi connectivity index (χ1n) is 7.40. The number of nitrogens with zero attached hydrogens (tertiary/aromatic N) is 1. The second-order valence-electron chi connectivity index (χ2n) is 5.18. The van der Waals surface area contributed by atoms with E-state index >= 15 is 0 Å². The highest BCUT2D eigenvalue weighted by molar-refractivity contribution is 5.77. The molecule has 0 radical (unpaired) electrons. The zero-order valence-electron chi connectivity index (χ0n) is 12.5. The fourth-order valence-corrected chi connectivity index (χ4v) is 2.32. The number of rotatable bonds is 5. The molecule has 0 bridgehead atoms. The predicted molar refractivity (Wildman–Crippen MR) is 86.9 cm³/mol. The van der Waals surface area contributed by atoms with Gasteiger partial charge in [0.05, 0.1) is 10.9 Å². The van der Waals surface area contributed by atoms with E-state index in [4.69, 9.17) is 4.74 Å². The molecule has 0 amide bonds. The van der Waals surface area contributed by atoms with Crippen molar-refractivity contribution in [3.8, 4) is 0 Å². The van der Waals surface area contributed by atoms with Crippen molar-refractivity contribution in [3.63, 3.8) is 0 Å². The lowest BCUT2D eigenvalue weighted by molar-refractivity contribution is -0.145. The number of benzene rings is 2. The average Bonchev–Trinajstić information content (AvgIpc) is 2.59. The number of fused-ring (bicyclic) bond motifs is 1. The van der Waals surface area contributed by atoms with Crippen LogP contribution in [0.1, 0.15) is 17.8 Å². The number of para-hydroxylation sites is 1. The van der Waals surface area contributed by atoms with E-state index in [2.05, 4.69) is 9.97 Å². The summed E-state index contributed by atoms with van der Waals surface area (Å²) in [5.41, 5.74) is 1.44. The van der Waals surface area contributed by atoms with Gasteiger partial charge in [0.15, 0.2) is 0 Å². The number of ether oxygens (including phenoxy) is 1.